The highest BCUT2D eigenvalue weighted by molar-refractivity contribution is 7.22. The van der Waals surface area contributed by atoms with E-state index in [1.54, 1.807) is 13.8 Å². The van der Waals surface area contributed by atoms with Crippen molar-refractivity contribution in [1.82, 2.24) is 9.88 Å². The summed E-state index contributed by atoms with van der Waals surface area (Å²) in [6.45, 7) is 21.0. The Bertz CT molecular complexity index is 1680. The van der Waals surface area contributed by atoms with Gasteiger partial charge in [0.15, 0.2) is 11.4 Å². The van der Waals surface area contributed by atoms with Crippen LogP contribution in [0.1, 0.15) is 93.6 Å². The number of oxime groups is 1. The number of ketones is 1. The summed E-state index contributed by atoms with van der Waals surface area (Å²) in [7, 11) is 3.83. The molecule has 0 bridgehead atoms. The van der Waals surface area contributed by atoms with E-state index in [9.17, 15) is 19.8 Å². The maximum absolute atomic E-state index is 13.9. The van der Waals surface area contributed by atoms with Crippen LogP contribution in [0, 0.1) is 29.6 Å². The number of ether oxygens (including phenoxy) is 4. The Morgan fingerprint density at radius 3 is 2.55 bits per heavy atom. The van der Waals surface area contributed by atoms with Crippen molar-refractivity contribution in [1.29, 1.82) is 0 Å². The minimum absolute atomic E-state index is 0.00147. The van der Waals surface area contributed by atoms with Crippen molar-refractivity contribution < 1.29 is 43.6 Å². The zero-order chi connectivity index (χ0) is 41.6. The van der Waals surface area contributed by atoms with Crippen LogP contribution in [0.3, 0.4) is 0 Å². The Hall–Kier alpha value is -2.98. The molecule has 2 aliphatic rings. The lowest BCUT2D eigenvalue weighted by molar-refractivity contribution is -0.282. The van der Waals surface area contributed by atoms with Gasteiger partial charge in [0.1, 0.15) is 30.2 Å². The van der Waals surface area contributed by atoms with Crippen LogP contribution in [0.15, 0.2) is 35.5 Å². The number of rotatable bonds is 10. The topological polar surface area (TPSA) is 175 Å². The van der Waals surface area contributed by atoms with Crippen LogP contribution in [0.4, 0.5) is 5.13 Å². The summed E-state index contributed by atoms with van der Waals surface area (Å²) >= 11 is 1.40. The molecule has 12 atom stereocenters. The Balaban J connectivity index is 1.72. The van der Waals surface area contributed by atoms with E-state index in [4.69, 9.17) is 29.5 Å². The molecule has 3 heterocycles. The van der Waals surface area contributed by atoms with E-state index in [2.05, 4.69) is 16.7 Å². The van der Waals surface area contributed by atoms with Gasteiger partial charge in [-0.1, -0.05) is 69.3 Å². The molecule has 4 N–H and O–H groups in total. The highest BCUT2D eigenvalue weighted by atomic mass is 32.1. The Morgan fingerprint density at radius 2 is 1.91 bits per heavy atom. The largest absolute Gasteiger partial charge is 0.459 e. The number of hydrogen-bond acceptors (Lipinski definition) is 14. The average Bonchev–Trinajstić information content (AvgIpc) is 3.52. The summed E-state index contributed by atoms with van der Waals surface area (Å²) in [5.74, 6) is -3.21. The standard InChI is InChI=1S/C42H66N4O9S/c1-13-35-42(10,50)31(27(8)36(47)22(2)3)16-15-30(45-52-20-29-14-17-32-34(19-29)56-41(43)44-32)21-51-28(9)38(25(6)24(5)26(7)39(49)54-35)55-40-37(48)33(46(11)12)18-23(4)53-40/h14,17,19,22-23,25-28,31,33,35,37-38,40,48,50H,5,13,15-16,18,20-21H2,1-4,6-12H3,(H2,43,44)/b45-30+/t23-,25+,26?,27-,28+,31-,33?,35-,37-,38-,40+,42+/m1/s1. The molecule has 2 saturated heterocycles. The molecule has 2 unspecified atom stereocenters. The molecule has 1 aromatic heterocycles. The van der Waals surface area contributed by atoms with Crippen LogP contribution in [-0.2, 0) is 40.0 Å². The predicted octanol–water partition coefficient (Wildman–Crippen LogP) is 6.14. The lowest BCUT2D eigenvalue weighted by Gasteiger charge is -2.44. The maximum Gasteiger partial charge on any atom is 0.313 e. The molecule has 0 aliphatic carbocycles. The van der Waals surface area contributed by atoms with E-state index >= 15 is 0 Å². The smallest absolute Gasteiger partial charge is 0.313 e. The number of aliphatic hydroxyl groups is 2. The van der Waals surface area contributed by atoms with Gasteiger partial charge in [0.2, 0.25) is 0 Å². The SMILES string of the molecule is C=C1C(C)C(=O)O[C@H](CC)[C@@](C)(O)[C@@H]([C@@H](C)C(=O)C(C)C)CC/C(=N\OCc2ccc3nc(N)sc3c2)CO[C@@H](C)[C@H](O[C@@H]2O[C@H](C)CC(N(C)C)[C@H]2O)[C@H]1C. The summed E-state index contributed by atoms with van der Waals surface area (Å²) in [6, 6.07) is 5.58. The van der Waals surface area contributed by atoms with Gasteiger partial charge in [-0.25, -0.2) is 4.98 Å². The second-order valence-electron chi connectivity index (χ2n) is 16.6. The summed E-state index contributed by atoms with van der Waals surface area (Å²) in [4.78, 5) is 39.7. The summed E-state index contributed by atoms with van der Waals surface area (Å²) < 4.78 is 26.4. The molecule has 2 aliphatic heterocycles. The molecule has 1 aromatic carbocycles. The second kappa shape index (κ2) is 19.6. The molecule has 2 fully saturated rings. The Labute approximate surface area is 336 Å². The van der Waals surface area contributed by atoms with E-state index in [-0.39, 0.29) is 37.1 Å². The zero-order valence-corrected chi connectivity index (χ0v) is 36.0. The van der Waals surface area contributed by atoms with Crippen molar-refractivity contribution in [2.24, 2.45) is 34.7 Å². The van der Waals surface area contributed by atoms with Crippen LogP contribution >= 0.6 is 11.3 Å². The molecule has 13 nitrogen and oxygen atoms in total. The molecule has 0 amide bonds. The normalized spacial score (nSPS) is 34.3. The van der Waals surface area contributed by atoms with Crippen molar-refractivity contribution in [3.8, 4) is 0 Å². The number of esters is 1. The van der Waals surface area contributed by atoms with Gasteiger partial charge in [-0.3, -0.25) is 9.59 Å². The summed E-state index contributed by atoms with van der Waals surface area (Å²) in [6.07, 6.45) is -2.72. The number of carbonyl (C=O) groups is 2. The Morgan fingerprint density at radius 1 is 1.21 bits per heavy atom. The number of nitrogens with zero attached hydrogens (tertiary/aromatic N) is 3. The number of thiazole rings is 1. The minimum atomic E-state index is -1.58. The third kappa shape index (κ3) is 10.9. The monoisotopic (exact) mass is 802 g/mol. The number of hydrogen-bond donors (Lipinski definition) is 3. The second-order valence-corrected chi connectivity index (χ2v) is 17.7. The van der Waals surface area contributed by atoms with E-state index < -0.39 is 65.9 Å². The fourth-order valence-corrected chi connectivity index (χ4v) is 8.93. The number of likely N-dealkylation sites (N-methyl/N-ethyl adjacent to an activating group) is 1. The number of aromatic nitrogens is 1. The van der Waals surface area contributed by atoms with E-state index in [0.29, 0.717) is 42.1 Å². The summed E-state index contributed by atoms with van der Waals surface area (Å²) in [5.41, 5.74) is 7.13. The molecule has 0 radical (unpaired) electrons. The third-order valence-electron chi connectivity index (χ3n) is 11.8. The lowest BCUT2D eigenvalue weighted by Crippen LogP contribution is -2.56. The fraction of sp³-hybridized carbons (Fsp3) is 0.714. The molecule has 314 valence electrons. The first-order valence-electron chi connectivity index (χ1n) is 20.0. The molecule has 14 heteroatoms. The highest BCUT2D eigenvalue weighted by Crippen LogP contribution is 2.38. The van der Waals surface area contributed by atoms with Crippen LogP contribution in [0.5, 0.6) is 0 Å². The molecule has 4 rings (SSSR count). The third-order valence-corrected chi connectivity index (χ3v) is 12.7. The molecule has 2 aromatic rings. The molecule has 0 saturated carbocycles. The van der Waals surface area contributed by atoms with E-state index in [0.717, 1.165) is 15.8 Å². The molecule has 0 spiro atoms. The average molecular weight is 803 g/mol. The van der Waals surface area contributed by atoms with E-state index in [1.807, 2.05) is 85.7 Å². The van der Waals surface area contributed by atoms with Crippen molar-refractivity contribution in [2.45, 2.75) is 143 Å². The number of nitrogens with two attached hydrogens (primary N) is 1. The van der Waals surface area contributed by atoms with Crippen LogP contribution < -0.4 is 5.73 Å². The van der Waals surface area contributed by atoms with Gasteiger partial charge in [-0.15, -0.1) is 0 Å². The lowest BCUT2D eigenvalue weighted by atomic mass is 9.70. The summed E-state index contributed by atoms with van der Waals surface area (Å²) in [5, 5.41) is 28.8. The molecule has 56 heavy (non-hydrogen) atoms. The van der Waals surface area contributed by atoms with E-state index in [1.165, 1.54) is 11.3 Å². The van der Waals surface area contributed by atoms with Crippen LogP contribution in [0.2, 0.25) is 0 Å². The molecular weight excluding hydrogens is 737 g/mol. The number of aliphatic hydroxyl groups excluding tert-OH is 1. The van der Waals surface area contributed by atoms with Crippen molar-refractivity contribution >= 4 is 44.1 Å². The van der Waals surface area contributed by atoms with Crippen LogP contribution in [-0.4, -0.2) is 107 Å². The highest BCUT2D eigenvalue weighted by Gasteiger charge is 2.47. The first kappa shape index (κ1) is 45.7. The van der Waals surface area contributed by atoms with Gasteiger partial charge in [0.05, 0.1) is 46.8 Å². The zero-order valence-electron chi connectivity index (χ0n) is 35.2. The minimum Gasteiger partial charge on any atom is -0.459 e. The first-order chi connectivity index (χ1) is 26.3. The van der Waals surface area contributed by atoms with Crippen molar-refractivity contribution in [2.75, 3.05) is 26.4 Å². The molecular formula is C42H66N4O9S. The van der Waals surface area contributed by atoms with Gasteiger partial charge in [0.25, 0.3) is 0 Å². The number of nitrogen functional groups attached to an aromatic ring is 1. The van der Waals surface area contributed by atoms with Crippen molar-refractivity contribution in [3.63, 3.8) is 0 Å². The number of anilines is 1. The van der Waals surface area contributed by atoms with Gasteiger partial charge < -0.3 is 44.6 Å². The van der Waals surface area contributed by atoms with Gasteiger partial charge >= 0.3 is 5.97 Å². The Kier molecular flexibility index (Phi) is 16.0. The predicted molar refractivity (Wildman–Crippen MR) is 219 cm³/mol. The van der Waals surface area contributed by atoms with Gasteiger partial charge in [-0.05, 0) is 85.2 Å². The number of benzene rings is 1. The first-order valence-corrected chi connectivity index (χ1v) is 20.8. The fourth-order valence-electron chi connectivity index (χ4n) is 8.13. The van der Waals surface area contributed by atoms with Gasteiger partial charge in [-0.2, -0.15) is 0 Å². The van der Waals surface area contributed by atoms with Crippen molar-refractivity contribution in [3.05, 3.63) is 35.9 Å². The number of fused-ring (bicyclic) bond motifs is 1. The quantitative estimate of drug-likeness (QED) is 0.142. The number of cyclic esters (lactones) is 1. The van der Waals surface area contributed by atoms with Gasteiger partial charge in [0, 0.05) is 29.7 Å². The number of Topliss-reactive ketones (excluding diaryl/α,β-unsaturated/α-hetero) is 1. The van der Waals surface area contributed by atoms with Crippen LogP contribution in [0.25, 0.3) is 10.2 Å². The maximum atomic E-state index is 13.9. The number of carbonyl (C=O) groups excluding carboxylic acids is 2.